The Bertz CT molecular complexity index is 429. The van der Waals surface area contributed by atoms with Crippen molar-refractivity contribution in [2.45, 2.75) is 0 Å². The van der Waals surface area contributed by atoms with E-state index in [1.54, 1.807) is 0 Å². The fraction of sp³-hybridized carbons (Fsp3) is 0. The van der Waals surface area contributed by atoms with E-state index in [1.165, 1.54) is 18.2 Å². The Hall–Kier alpha value is -2.31. The summed E-state index contributed by atoms with van der Waals surface area (Å²) in [4.78, 5) is 0. The van der Waals surface area contributed by atoms with E-state index >= 15 is 0 Å². The average Bonchev–Trinajstić information content (AvgIpc) is 2.64. The maximum Gasteiger partial charge on any atom is 0.361 e. The molecule has 0 aliphatic heterocycles. The molecule has 0 atom stereocenters. The summed E-state index contributed by atoms with van der Waals surface area (Å²) < 4.78 is 5.07. The van der Waals surface area contributed by atoms with Gasteiger partial charge in [0.2, 0.25) is 0 Å². The summed E-state index contributed by atoms with van der Waals surface area (Å²) in [6, 6.07) is 4.04. The maximum absolute atomic E-state index is 9.13. The molecule has 0 amide bonds. The average molecular weight is 194 g/mol. The highest BCUT2D eigenvalue weighted by atomic mass is 16.5. The van der Waals surface area contributed by atoms with Gasteiger partial charge in [-0.25, -0.2) is 0 Å². The first-order valence-electron chi connectivity index (χ1n) is 3.69. The summed E-state index contributed by atoms with van der Waals surface area (Å²) in [6.07, 6.45) is 0. The number of hydrogen-bond acceptors (Lipinski definition) is 6. The van der Waals surface area contributed by atoms with Gasteiger partial charge in [-0.2, -0.15) is 5.21 Å². The number of nitrogens with zero attached hydrogens (tertiary/aromatic N) is 3. The van der Waals surface area contributed by atoms with Gasteiger partial charge in [-0.15, -0.1) is 0 Å². The van der Waals surface area contributed by atoms with Gasteiger partial charge in [-0.1, -0.05) is 10.2 Å². The van der Waals surface area contributed by atoms with Crippen LogP contribution in [0.3, 0.4) is 0 Å². The van der Waals surface area contributed by atoms with Crippen LogP contribution in [0.15, 0.2) is 18.2 Å². The number of aromatic hydroxyl groups is 2. The Kier molecular flexibility index (Phi) is 1.90. The minimum Gasteiger partial charge on any atom is -0.504 e. The standard InChI is InChI=1S/C7H6N4O3/c12-5-2-1-4(3-6(5)13)14-7-8-10-11-9-7/h1-3,12-13H,(H,8,9,10,11). The summed E-state index contributed by atoms with van der Waals surface area (Å²) in [5.74, 6) is -0.182. The number of tetrazole rings is 1. The molecule has 0 bridgehead atoms. The number of aromatic amines is 1. The van der Waals surface area contributed by atoms with E-state index in [1.807, 2.05) is 0 Å². The van der Waals surface area contributed by atoms with Crippen LogP contribution in [0.25, 0.3) is 0 Å². The third kappa shape index (κ3) is 1.56. The zero-order valence-corrected chi connectivity index (χ0v) is 6.88. The second-order valence-corrected chi connectivity index (χ2v) is 2.45. The number of nitrogens with one attached hydrogen (secondary N) is 1. The number of hydrogen-bond donors (Lipinski definition) is 3. The van der Waals surface area contributed by atoms with Crippen LogP contribution in [0, 0.1) is 0 Å². The molecule has 0 aliphatic rings. The van der Waals surface area contributed by atoms with Crippen LogP contribution in [0.4, 0.5) is 0 Å². The minimum absolute atomic E-state index is 0.0371. The number of phenolic OH excluding ortho intramolecular Hbond substituents is 2. The summed E-state index contributed by atoms with van der Waals surface area (Å²) in [5, 5.41) is 30.7. The van der Waals surface area contributed by atoms with Crippen LogP contribution in [-0.2, 0) is 0 Å². The molecule has 1 aromatic carbocycles. The molecule has 0 unspecified atom stereocenters. The van der Waals surface area contributed by atoms with E-state index in [0.717, 1.165) is 0 Å². The number of aromatic nitrogens is 4. The van der Waals surface area contributed by atoms with Crippen molar-refractivity contribution in [3.63, 3.8) is 0 Å². The predicted molar refractivity (Wildman–Crippen MR) is 44.0 cm³/mol. The van der Waals surface area contributed by atoms with E-state index in [-0.39, 0.29) is 17.5 Å². The van der Waals surface area contributed by atoms with Gasteiger partial charge in [-0.3, -0.25) is 0 Å². The van der Waals surface area contributed by atoms with Crippen molar-refractivity contribution in [1.82, 2.24) is 20.6 Å². The molecule has 0 radical (unpaired) electrons. The van der Waals surface area contributed by atoms with E-state index in [0.29, 0.717) is 5.75 Å². The largest absolute Gasteiger partial charge is 0.504 e. The van der Waals surface area contributed by atoms with Crippen molar-refractivity contribution in [3.8, 4) is 23.3 Å². The molecule has 2 rings (SSSR count). The predicted octanol–water partition coefficient (Wildman–Crippen LogP) is 0.403. The summed E-state index contributed by atoms with van der Waals surface area (Å²) in [5.41, 5.74) is 0. The monoisotopic (exact) mass is 194 g/mol. The van der Waals surface area contributed by atoms with Gasteiger partial charge in [0, 0.05) is 6.07 Å². The van der Waals surface area contributed by atoms with Crippen LogP contribution in [-0.4, -0.2) is 30.8 Å². The molecule has 72 valence electrons. The van der Waals surface area contributed by atoms with E-state index < -0.39 is 0 Å². The Labute approximate surface area is 78.0 Å². The number of benzene rings is 1. The number of ether oxygens (including phenoxy) is 1. The Morgan fingerprint density at radius 3 is 2.71 bits per heavy atom. The lowest BCUT2D eigenvalue weighted by Crippen LogP contribution is -1.85. The Balaban J connectivity index is 2.22. The van der Waals surface area contributed by atoms with Crippen LogP contribution in [0.5, 0.6) is 23.3 Å². The molecule has 0 fully saturated rings. The van der Waals surface area contributed by atoms with Crippen molar-refractivity contribution in [2.24, 2.45) is 0 Å². The molecule has 0 saturated carbocycles. The normalized spacial score (nSPS) is 10.0. The van der Waals surface area contributed by atoms with Crippen molar-refractivity contribution in [1.29, 1.82) is 0 Å². The van der Waals surface area contributed by atoms with Crippen molar-refractivity contribution in [3.05, 3.63) is 18.2 Å². The molecule has 0 spiro atoms. The number of rotatable bonds is 2. The molecule has 1 heterocycles. The second-order valence-electron chi connectivity index (χ2n) is 2.45. The number of phenols is 2. The van der Waals surface area contributed by atoms with Gasteiger partial charge >= 0.3 is 6.01 Å². The maximum atomic E-state index is 9.13. The zero-order chi connectivity index (χ0) is 9.97. The molecule has 0 saturated heterocycles. The highest BCUT2D eigenvalue weighted by Gasteiger charge is 2.04. The second kappa shape index (κ2) is 3.21. The first-order chi connectivity index (χ1) is 6.75. The Morgan fingerprint density at radius 1 is 1.21 bits per heavy atom. The topological polar surface area (TPSA) is 104 Å². The molecule has 0 aliphatic carbocycles. The molecular weight excluding hydrogens is 188 g/mol. The van der Waals surface area contributed by atoms with E-state index in [4.69, 9.17) is 14.9 Å². The van der Waals surface area contributed by atoms with Crippen molar-refractivity contribution >= 4 is 0 Å². The van der Waals surface area contributed by atoms with Crippen molar-refractivity contribution < 1.29 is 14.9 Å². The zero-order valence-electron chi connectivity index (χ0n) is 6.88. The highest BCUT2D eigenvalue weighted by Crippen LogP contribution is 2.29. The SMILES string of the molecule is Oc1ccc(Oc2nn[nH]n2)cc1O. The van der Waals surface area contributed by atoms with E-state index in [9.17, 15) is 0 Å². The summed E-state index contributed by atoms with van der Waals surface area (Å²) in [6.45, 7) is 0. The molecule has 7 heteroatoms. The quantitative estimate of drug-likeness (QED) is 0.598. The molecule has 1 aromatic heterocycles. The van der Waals surface area contributed by atoms with Gasteiger partial charge < -0.3 is 14.9 Å². The van der Waals surface area contributed by atoms with Gasteiger partial charge in [0.15, 0.2) is 11.5 Å². The summed E-state index contributed by atoms with van der Waals surface area (Å²) >= 11 is 0. The third-order valence-corrected chi connectivity index (χ3v) is 1.48. The van der Waals surface area contributed by atoms with Gasteiger partial charge in [-0.05, 0) is 17.3 Å². The van der Waals surface area contributed by atoms with Crippen LogP contribution < -0.4 is 4.74 Å². The molecule has 3 N–H and O–H groups in total. The van der Waals surface area contributed by atoms with Gasteiger partial charge in [0.1, 0.15) is 5.75 Å². The molecule has 2 aromatic rings. The van der Waals surface area contributed by atoms with Gasteiger partial charge in [0.25, 0.3) is 0 Å². The van der Waals surface area contributed by atoms with Crippen LogP contribution in [0.2, 0.25) is 0 Å². The lowest BCUT2D eigenvalue weighted by Gasteiger charge is -2.01. The van der Waals surface area contributed by atoms with Gasteiger partial charge in [0.05, 0.1) is 0 Å². The van der Waals surface area contributed by atoms with Crippen molar-refractivity contribution in [2.75, 3.05) is 0 Å². The lowest BCUT2D eigenvalue weighted by molar-refractivity contribution is 0.394. The molecule has 14 heavy (non-hydrogen) atoms. The Morgan fingerprint density at radius 2 is 2.07 bits per heavy atom. The fourth-order valence-electron chi connectivity index (χ4n) is 0.868. The minimum atomic E-state index is -0.272. The smallest absolute Gasteiger partial charge is 0.361 e. The first kappa shape index (κ1) is 8.30. The van der Waals surface area contributed by atoms with Crippen LogP contribution >= 0.6 is 0 Å². The van der Waals surface area contributed by atoms with E-state index in [2.05, 4.69) is 20.6 Å². The number of H-pyrrole nitrogens is 1. The molecule has 7 nitrogen and oxygen atoms in total. The lowest BCUT2D eigenvalue weighted by atomic mass is 10.3. The first-order valence-corrected chi connectivity index (χ1v) is 3.69. The van der Waals surface area contributed by atoms with Crippen LogP contribution in [0.1, 0.15) is 0 Å². The summed E-state index contributed by atoms with van der Waals surface area (Å²) in [7, 11) is 0. The highest BCUT2D eigenvalue weighted by molar-refractivity contribution is 5.43. The molecular formula is C7H6N4O3. The fourth-order valence-corrected chi connectivity index (χ4v) is 0.868. The third-order valence-electron chi connectivity index (χ3n) is 1.48.